The summed E-state index contributed by atoms with van der Waals surface area (Å²) in [5.74, 6) is 3.69. The van der Waals surface area contributed by atoms with E-state index < -0.39 is 16.7 Å². The lowest BCUT2D eigenvalue weighted by Gasteiger charge is -2.00. The molecule has 0 saturated carbocycles. The monoisotopic (exact) mass is 244 g/mol. The van der Waals surface area contributed by atoms with Crippen LogP contribution in [0, 0.1) is 10.1 Å². The number of nitrogens with one attached hydrogen (secondary N) is 2. The van der Waals surface area contributed by atoms with E-state index in [1.165, 1.54) is 12.1 Å². The minimum Gasteiger partial charge on any atom is -0.342 e. The first-order valence-corrected chi connectivity index (χ1v) is 4.88. The molecule has 0 fully saturated rings. The van der Waals surface area contributed by atoms with Gasteiger partial charge in [0.05, 0.1) is 16.3 Å². The van der Waals surface area contributed by atoms with Gasteiger partial charge in [-0.25, -0.2) is 5.84 Å². The van der Waals surface area contributed by atoms with E-state index in [2.05, 4.69) is 5.32 Å². The van der Waals surface area contributed by atoms with E-state index in [9.17, 15) is 19.7 Å². The number of nitrogens with zero attached hydrogens (tertiary/aromatic N) is 1. The summed E-state index contributed by atoms with van der Waals surface area (Å²) in [4.78, 5) is 32.0. The smallest absolute Gasteiger partial charge is 0.324 e. The Bertz CT molecular complexity index is 430. The summed E-state index contributed by atoms with van der Waals surface area (Å²) in [6.45, 7) is -0.277. The van der Waals surface area contributed by atoms with Crippen molar-refractivity contribution in [3.8, 4) is 0 Å². The molecule has 0 aliphatic carbocycles. The van der Waals surface area contributed by atoms with Gasteiger partial charge in [-0.05, 0) is 6.07 Å². The van der Waals surface area contributed by atoms with Crippen molar-refractivity contribution in [1.29, 1.82) is 0 Å². The number of hydrogen-bond acceptors (Lipinski definition) is 6. The average Bonchev–Trinajstić information content (AvgIpc) is 2.74. The van der Waals surface area contributed by atoms with Gasteiger partial charge in [-0.2, -0.15) is 0 Å². The number of nitrogens with two attached hydrogens (primary N) is 1. The van der Waals surface area contributed by atoms with E-state index >= 15 is 0 Å². The van der Waals surface area contributed by atoms with Crippen LogP contribution < -0.4 is 16.6 Å². The zero-order valence-corrected chi connectivity index (χ0v) is 8.74. The topological polar surface area (TPSA) is 127 Å². The Labute approximate surface area is 93.6 Å². The van der Waals surface area contributed by atoms with Crippen molar-refractivity contribution in [2.24, 2.45) is 5.84 Å². The minimum absolute atomic E-state index is 0.131. The molecule has 1 aromatic rings. The highest BCUT2D eigenvalue weighted by Gasteiger charge is 2.15. The van der Waals surface area contributed by atoms with Gasteiger partial charge >= 0.3 is 5.00 Å². The van der Waals surface area contributed by atoms with Crippen molar-refractivity contribution in [2.75, 3.05) is 6.54 Å². The van der Waals surface area contributed by atoms with Gasteiger partial charge in [-0.1, -0.05) is 11.3 Å². The van der Waals surface area contributed by atoms with Crippen LogP contribution in [0.3, 0.4) is 0 Å². The lowest BCUT2D eigenvalue weighted by molar-refractivity contribution is -0.380. The van der Waals surface area contributed by atoms with Crippen LogP contribution in [-0.4, -0.2) is 23.3 Å². The summed E-state index contributed by atoms with van der Waals surface area (Å²) in [6, 6.07) is 2.54. The SMILES string of the molecule is NNC(=O)CNC(=O)c1ccc([N+](=O)[O-])s1. The van der Waals surface area contributed by atoms with Crippen molar-refractivity contribution in [3.63, 3.8) is 0 Å². The summed E-state index contributed by atoms with van der Waals surface area (Å²) >= 11 is 0.734. The van der Waals surface area contributed by atoms with E-state index in [-0.39, 0.29) is 16.4 Å². The molecule has 0 aliphatic rings. The van der Waals surface area contributed by atoms with Crippen molar-refractivity contribution in [3.05, 3.63) is 27.1 Å². The van der Waals surface area contributed by atoms with Gasteiger partial charge in [0.1, 0.15) is 0 Å². The van der Waals surface area contributed by atoms with Crippen LogP contribution in [0.1, 0.15) is 9.67 Å². The highest BCUT2D eigenvalue weighted by molar-refractivity contribution is 7.17. The van der Waals surface area contributed by atoms with Gasteiger partial charge in [0.15, 0.2) is 0 Å². The largest absolute Gasteiger partial charge is 0.342 e. The van der Waals surface area contributed by atoms with Crippen LogP contribution >= 0.6 is 11.3 Å². The van der Waals surface area contributed by atoms with Crippen LogP contribution in [0.15, 0.2) is 12.1 Å². The summed E-state index contributed by atoms with van der Waals surface area (Å²) in [5, 5.41) is 12.5. The second-order valence-corrected chi connectivity index (χ2v) is 3.71. The molecule has 1 heterocycles. The molecular formula is C7H8N4O4S. The van der Waals surface area contributed by atoms with E-state index in [0.29, 0.717) is 0 Å². The second kappa shape index (κ2) is 5.19. The maximum absolute atomic E-state index is 11.4. The fourth-order valence-corrected chi connectivity index (χ4v) is 1.58. The van der Waals surface area contributed by atoms with Gasteiger partial charge < -0.3 is 5.32 Å². The van der Waals surface area contributed by atoms with Crippen LogP contribution in [0.2, 0.25) is 0 Å². The zero-order chi connectivity index (χ0) is 12.1. The third-order valence-corrected chi connectivity index (χ3v) is 2.60. The number of carbonyl (C=O) groups excluding carboxylic acids is 2. The van der Waals surface area contributed by atoms with E-state index in [4.69, 9.17) is 5.84 Å². The van der Waals surface area contributed by atoms with Gasteiger partial charge in [-0.15, -0.1) is 0 Å². The molecule has 1 rings (SSSR count). The third kappa shape index (κ3) is 3.00. The number of carbonyl (C=O) groups is 2. The Morgan fingerprint density at radius 3 is 2.69 bits per heavy atom. The van der Waals surface area contributed by atoms with E-state index in [1.54, 1.807) is 0 Å². The summed E-state index contributed by atoms with van der Waals surface area (Å²) in [5.41, 5.74) is 1.84. The van der Waals surface area contributed by atoms with Crippen molar-refractivity contribution >= 4 is 28.2 Å². The molecular weight excluding hydrogens is 236 g/mol. The van der Waals surface area contributed by atoms with Crippen LogP contribution in [0.25, 0.3) is 0 Å². The molecule has 16 heavy (non-hydrogen) atoms. The van der Waals surface area contributed by atoms with Crippen LogP contribution in [-0.2, 0) is 4.79 Å². The maximum Gasteiger partial charge on any atom is 0.324 e. The Morgan fingerprint density at radius 1 is 1.50 bits per heavy atom. The first kappa shape index (κ1) is 12.1. The predicted octanol–water partition coefficient (Wildman–Crippen LogP) is -0.624. The molecule has 1 aromatic heterocycles. The average molecular weight is 244 g/mol. The van der Waals surface area contributed by atoms with Crippen molar-refractivity contribution in [1.82, 2.24) is 10.7 Å². The molecule has 2 amide bonds. The lowest BCUT2D eigenvalue weighted by Crippen LogP contribution is -2.39. The second-order valence-electron chi connectivity index (χ2n) is 2.65. The Hall–Kier alpha value is -2.00. The van der Waals surface area contributed by atoms with Gasteiger partial charge in [0.2, 0.25) is 0 Å². The molecule has 0 unspecified atom stereocenters. The van der Waals surface area contributed by atoms with Gasteiger partial charge in [0, 0.05) is 6.07 Å². The number of hydrogen-bond donors (Lipinski definition) is 3. The predicted molar refractivity (Wildman–Crippen MR) is 55.6 cm³/mol. The summed E-state index contributed by atoms with van der Waals surface area (Å²) < 4.78 is 0. The van der Waals surface area contributed by atoms with Crippen molar-refractivity contribution < 1.29 is 14.5 Å². The molecule has 8 nitrogen and oxygen atoms in total. The molecule has 0 aromatic carbocycles. The van der Waals surface area contributed by atoms with E-state index in [1.807, 2.05) is 5.43 Å². The minimum atomic E-state index is -0.589. The first-order chi connectivity index (χ1) is 7.54. The summed E-state index contributed by atoms with van der Waals surface area (Å²) in [6.07, 6.45) is 0. The fourth-order valence-electron chi connectivity index (χ4n) is 0.847. The Balaban J connectivity index is 2.59. The normalized spacial score (nSPS) is 9.56. The molecule has 9 heteroatoms. The fraction of sp³-hybridized carbons (Fsp3) is 0.143. The zero-order valence-electron chi connectivity index (χ0n) is 7.93. The molecule has 0 atom stereocenters. The van der Waals surface area contributed by atoms with E-state index in [0.717, 1.165) is 11.3 Å². The molecule has 4 N–H and O–H groups in total. The molecule has 0 radical (unpaired) electrons. The summed E-state index contributed by atoms with van der Waals surface area (Å²) in [7, 11) is 0. The quantitative estimate of drug-likeness (QED) is 0.281. The van der Waals surface area contributed by atoms with Crippen molar-refractivity contribution in [2.45, 2.75) is 0 Å². The number of thiophene rings is 1. The number of nitro groups is 1. The van der Waals surface area contributed by atoms with Gasteiger partial charge in [-0.3, -0.25) is 25.1 Å². The number of hydrazine groups is 1. The molecule has 0 aliphatic heterocycles. The highest BCUT2D eigenvalue weighted by Crippen LogP contribution is 2.23. The molecule has 0 bridgehead atoms. The third-order valence-electron chi connectivity index (χ3n) is 1.57. The van der Waals surface area contributed by atoms with Crippen LogP contribution in [0.4, 0.5) is 5.00 Å². The maximum atomic E-state index is 11.4. The number of amides is 2. The van der Waals surface area contributed by atoms with Gasteiger partial charge in [0.25, 0.3) is 11.8 Å². The first-order valence-electron chi connectivity index (χ1n) is 4.06. The Morgan fingerprint density at radius 2 is 2.19 bits per heavy atom. The molecule has 0 saturated heterocycles. The molecule has 86 valence electrons. The molecule has 0 spiro atoms. The highest BCUT2D eigenvalue weighted by atomic mass is 32.1. The lowest BCUT2D eigenvalue weighted by atomic mass is 10.4. The number of rotatable bonds is 4. The standard InChI is InChI=1S/C7H8N4O4S/c8-10-5(12)3-9-7(13)4-1-2-6(16-4)11(14)15/h1-2H,3,8H2,(H,9,13)(H,10,12). The van der Waals surface area contributed by atoms with Crippen LogP contribution in [0.5, 0.6) is 0 Å². The Kier molecular flexibility index (Phi) is 3.91.